The molecule has 0 saturated carbocycles. The van der Waals surface area contributed by atoms with Crippen LogP contribution in [-0.2, 0) is 14.8 Å². The lowest BCUT2D eigenvalue weighted by Gasteiger charge is -2.20. The topological polar surface area (TPSA) is 88.3 Å². The van der Waals surface area contributed by atoms with Gasteiger partial charge in [0, 0.05) is 11.2 Å². The fourth-order valence-electron chi connectivity index (χ4n) is 1.69. The Balaban J connectivity index is 3.31. The van der Waals surface area contributed by atoms with Gasteiger partial charge in [0.25, 0.3) is 0 Å². The molecule has 0 aromatic carbocycles. The van der Waals surface area contributed by atoms with Gasteiger partial charge in [0.05, 0.1) is 6.61 Å². The van der Waals surface area contributed by atoms with Crippen LogP contribution in [0, 0.1) is 12.7 Å². The molecule has 0 atom stereocenters. The number of aromatic nitrogens is 1. The van der Waals surface area contributed by atoms with E-state index in [1.807, 2.05) is 0 Å². The van der Waals surface area contributed by atoms with Crippen molar-refractivity contribution in [2.45, 2.75) is 45.1 Å². The fraction of sp³-hybridized carbons (Fsp3) is 0.583. The van der Waals surface area contributed by atoms with E-state index in [0.29, 0.717) is 0 Å². The molecule has 0 aliphatic heterocycles. The van der Waals surface area contributed by atoms with E-state index in [-0.39, 0.29) is 12.3 Å². The third kappa shape index (κ3) is 3.57. The maximum atomic E-state index is 14.2. The number of hydrogen-bond donors (Lipinski definition) is 2. The van der Waals surface area contributed by atoms with Gasteiger partial charge in [-0.2, -0.15) is 0 Å². The lowest BCUT2D eigenvalue weighted by molar-refractivity contribution is 0.0514. The van der Waals surface area contributed by atoms with Crippen LogP contribution in [0.1, 0.15) is 43.9 Å². The zero-order valence-corrected chi connectivity index (χ0v) is 12.9. The van der Waals surface area contributed by atoms with Crippen LogP contribution in [0.2, 0.25) is 0 Å². The first kappa shape index (κ1) is 16.6. The molecule has 114 valence electrons. The van der Waals surface area contributed by atoms with Crippen molar-refractivity contribution in [1.82, 2.24) is 9.71 Å². The highest BCUT2D eigenvalue weighted by Gasteiger charge is 2.32. The molecule has 1 heterocycles. The zero-order chi connectivity index (χ0) is 15.7. The summed E-state index contributed by atoms with van der Waals surface area (Å²) in [5.41, 5.74) is -1.21. The highest BCUT2D eigenvalue weighted by molar-refractivity contribution is 7.89. The van der Waals surface area contributed by atoms with Gasteiger partial charge in [0.1, 0.15) is 4.90 Å². The Kier molecular flexibility index (Phi) is 4.60. The average molecular weight is 306 g/mol. The van der Waals surface area contributed by atoms with Crippen LogP contribution in [0.4, 0.5) is 4.39 Å². The first-order chi connectivity index (χ1) is 8.99. The maximum absolute atomic E-state index is 14.2. The molecule has 0 radical (unpaired) electrons. The minimum Gasteiger partial charge on any atom is -0.461 e. The molecule has 1 aromatic heterocycles. The van der Waals surface area contributed by atoms with Crippen molar-refractivity contribution in [3.05, 3.63) is 17.2 Å². The Bertz CT molecular complexity index is 614. The molecule has 0 aliphatic carbocycles. The Morgan fingerprint density at radius 2 is 1.95 bits per heavy atom. The monoisotopic (exact) mass is 306 g/mol. The highest BCUT2D eigenvalue weighted by atomic mass is 32.2. The van der Waals surface area contributed by atoms with E-state index in [2.05, 4.69) is 14.4 Å². The summed E-state index contributed by atoms with van der Waals surface area (Å²) in [4.78, 5) is 13.4. The number of rotatable bonds is 4. The van der Waals surface area contributed by atoms with Crippen molar-refractivity contribution in [3.63, 3.8) is 0 Å². The first-order valence-electron chi connectivity index (χ1n) is 6.08. The second-order valence-corrected chi connectivity index (χ2v) is 6.96. The summed E-state index contributed by atoms with van der Waals surface area (Å²) in [5.74, 6) is -2.05. The van der Waals surface area contributed by atoms with Crippen LogP contribution in [-0.4, -0.2) is 31.5 Å². The minimum absolute atomic E-state index is 0.0438. The van der Waals surface area contributed by atoms with E-state index in [1.165, 1.54) is 6.92 Å². The van der Waals surface area contributed by atoms with Crippen molar-refractivity contribution < 1.29 is 22.3 Å². The fourth-order valence-corrected chi connectivity index (χ4v) is 3.40. The zero-order valence-electron chi connectivity index (χ0n) is 12.1. The average Bonchev–Trinajstić information content (AvgIpc) is 2.51. The Labute approximate surface area is 117 Å². The molecular weight excluding hydrogens is 287 g/mol. The van der Waals surface area contributed by atoms with Gasteiger partial charge >= 0.3 is 5.97 Å². The predicted octanol–water partition coefficient (Wildman–Crippen LogP) is 1.72. The van der Waals surface area contributed by atoms with Crippen molar-refractivity contribution in [3.8, 4) is 0 Å². The van der Waals surface area contributed by atoms with Crippen LogP contribution in [0.5, 0.6) is 0 Å². The molecule has 0 spiro atoms. The van der Waals surface area contributed by atoms with E-state index in [0.717, 1.165) is 0 Å². The summed E-state index contributed by atoms with van der Waals surface area (Å²) in [6.07, 6.45) is 0. The Morgan fingerprint density at radius 3 is 2.40 bits per heavy atom. The highest BCUT2D eigenvalue weighted by Crippen LogP contribution is 2.24. The van der Waals surface area contributed by atoms with E-state index in [1.54, 1.807) is 27.7 Å². The van der Waals surface area contributed by atoms with Crippen molar-refractivity contribution >= 4 is 16.0 Å². The molecule has 0 unspecified atom stereocenters. The van der Waals surface area contributed by atoms with Gasteiger partial charge in [-0.25, -0.2) is 22.3 Å². The van der Waals surface area contributed by atoms with Crippen LogP contribution >= 0.6 is 0 Å². The van der Waals surface area contributed by atoms with Crippen molar-refractivity contribution in [2.24, 2.45) is 0 Å². The Morgan fingerprint density at radius 1 is 1.40 bits per heavy atom. The first-order valence-corrected chi connectivity index (χ1v) is 7.57. The number of aryl methyl sites for hydroxylation is 1. The van der Waals surface area contributed by atoms with Gasteiger partial charge in [-0.3, -0.25) is 0 Å². The number of esters is 1. The van der Waals surface area contributed by atoms with E-state index in [9.17, 15) is 17.6 Å². The molecule has 0 amide bonds. The van der Waals surface area contributed by atoms with Gasteiger partial charge < -0.3 is 9.72 Å². The molecule has 1 rings (SSSR count). The summed E-state index contributed by atoms with van der Waals surface area (Å²) in [7, 11) is -4.07. The summed E-state index contributed by atoms with van der Waals surface area (Å²) in [6, 6.07) is 0. The van der Waals surface area contributed by atoms with Gasteiger partial charge in [-0.15, -0.1) is 0 Å². The molecule has 0 fully saturated rings. The third-order valence-corrected chi connectivity index (χ3v) is 4.16. The number of sulfonamides is 1. The number of halogens is 1. The molecule has 0 bridgehead atoms. The smallest absolute Gasteiger partial charge is 0.357 e. The van der Waals surface area contributed by atoms with Crippen molar-refractivity contribution in [2.75, 3.05) is 6.61 Å². The van der Waals surface area contributed by atoms with E-state index in [4.69, 9.17) is 0 Å². The number of nitrogens with one attached hydrogen (secondary N) is 2. The normalized spacial score (nSPS) is 12.5. The quantitative estimate of drug-likeness (QED) is 0.829. The van der Waals surface area contributed by atoms with Crippen LogP contribution < -0.4 is 4.72 Å². The molecule has 6 nitrogen and oxygen atoms in total. The standard InChI is InChI=1S/C12H19FN2O4S/c1-6-19-11(16)9-8(13)10(7(2)14-9)20(17,18)15-12(3,4)5/h14-15H,6H2,1-5H3. The second kappa shape index (κ2) is 5.53. The molecule has 8 heteroatoms. The predicted molar refractivity (Wildman–Crippen MR) is 71.5 cm³/mol. The van der Waals surface area contributed by atoms with Crippen molar-refractivity contribution in [1.29, 1.82) is 0 Å². The summed E-state index contributed by atoms with van der Waals surface area (Å²) in [6.45, 7) is 7.93. The maximum Gasteiger partial charge on any atom is 0.357 e. The van der Waals surface area contributed by atoms with Crippen LogP contribution in [0.25, 0.3) is 0 Å². The molecule has 1 aromatic rings. The number of H-pyrrole nitrogens is 1. The van der Waals surface area contributed by atoms with E-state index < -0.39 is 37.9 Å². The lowest BCUT2D eigenvalue weighted by Crippen LogP contribution is -2.40. The third-order valence-electron chi connectivity index (χ3n) is 2.26. The molecule has 0 saturated heterocycles. The second-order valence-electron chi connectivity index (χ2n) is 5.34. The van der Waals surface area contributed by atoms with E-state index >= 15 is 0 Å². The SMILES string of the molecule is CCOC(=O)c1[nH]c(C)c(S(=O)(=O)NC(C)(C)C)c1F. The number of carbonyl (C=O) groups excluding carboxylic acids is 1. The number of ether oxygens (including phenoxy) is 1. The summed E-state index contributed by atoms with van der Waals surface area (Å²) >= 11 is 0. The molecule has 20 heavy (non-hydrogen) atoms. The summed E-state index contributed by atoms with van der Waals surface area (Å²) in [5, 5.41) is 0. The van der Waals surface area contributed by atoms with Gasteiger partial charge in [-0.1, -0.05) is 0 Å². The molecular formula is C12H19FN2O4S. The molecule has 0 aliphatic rings. The number of aromatic amines is 1. The number of carbonyl (C=O) groups is 1. The lowest BCUT2D eigenvalue weighted by atomic mass is 10.1. The van der Waals surface area contributed by atoms with Gasteiger partial charge in [-0.05, 0) is 34.6 Å². The van der Waals surface area contributed by atoms with Gasteiger partial charge in [0.15, 0.2) is 11.5 Å². The minimum atomic E-state index is -4.07. The largest absolute Gasteiger partial charge is 0.461 e. The van der Waals surface area contributed by atoms with Crippen LogP contribution in [0.3, 0.4) is 0 Å². The molecule has 2 N–H and O–H groups in total. The van der Waals surface area contributed by atoms with Crippen LogP contribution in [0.15, 0.2) is 4.90 Å². The number of hydrogen-bond acceptors (Lipinski definition) is 4. The van der Waals surface area contributed by atoms with Gasteiger partial charge in [0.2, 0.25) is 10.0 Å². The Hall–Kier alpha value is -1.41. The summed E-state index contributed by atoms with van der Waals surface area (Å²) < 4.78 is 45.5.